The Hall–Kier alpha value is -1.49. The lowest BCUT2D eigenvalue weighted by molar-refractivity contribution is -0.152. The molecule has 2 atom stereocenters. The summed E-state index contributed by atoms with van der Waals surface area (Å²) in [5, 5.41) is 0. The summed E-state index contributed by atoms with van der Waals surface area (Å²) < 4.78 is 38.2. The number of carbonyl (C=O) groups is 1. The van der Waals surface area contributed by atoms with Crippen molar-refractivity contribution in [3.05, 3.63) is 35.4 Å². The molecule has 0 aliphatic heterocycles. The number of unbranched alkanes of at least 4 members (excludes halogenated alkanes) is 1. The van der Waals surface area contributed by atoms with Gasteiger partial charge in [0.1, 0.15) is 6.61 Å². The van der Waals surface area contributed by atoms with Gasteiger partial charge in [-0.1, -0.05) is 45.2 Å². The van der Waals surface area contributed by atoms with Crippen LogP contribution in [0.3, 0.4) is 0 Å². The van der Waals surface area contributed by atoms with Crippen molar-refractivity contribution in [2.24, 2.45) is 5.92 Å². The molecule has 5 heteroatoms. The molecule has 0 aromatic heterocycles. The Morgan fingerprint density at radius 3 is 2.57 bits per heavy atom. The lowest BCUT2D eigenvalue weighted by atomic mass is 9.88. The molecule has 0 spiro atoms. The maximum atomic E-state index is 14.2. The summed E-state index contributed by atoms with van der Waals surface area (Å²) in [6, 6.07) is 4.05. The number of benzene rings is 1. The Labute approximate surface area is 137 Å². The minimum atomic E-state index is -0.906. The molecule has 130 valence electrons. The van der Waals surface area contributed by atoms with E-state index in [4.69, 9.17) is 9.47 Å². The molecule has 1 aromatic rings. The first-order chi connectivity index (χ1) is 11.0. The quantitative estimate of drug-likeness (QED) is 0.579. The predicted octanol–water partition coefficient (Wildman–Crippen LogP) is 4.80. The van der Waals surface area contributed by atoms with Crippen LogP contribution < -0.4 is 0 Å². The second-order valence-electron chi connectivity index (χ2n) is 5.49. The van der Waals surface area contributed by atoms with E-state index in [1.54, 1.807) is 6.92 Å². The smallest absolute Gasteiger partial charge is 0.332 e. The maximum absolute atomic E-state index is 14.2. The van der Waals surface area contributed by atoms with Gasteiger partial charge in [0.05, 0.1) is 12.7 Å². The van der Waals surface area contributed by atoms with Crippen LogP contribution in [0.25, 0.3) is 0 Å². The van der Waals surface area contributed by atoms with Crippen LogP contribution >= 0.6 is 0 Å². The van der Waals surface area contributed by atoms with Crippen LogP contribution in [0.2, 0.25) is 0 Å². The highest BCUT2D eigenvalue weighted by molar-refractivity contribution is 5.70. The molecule has 1 rings (SSSR count). The van der Waals surface area contributed by atoms with Crippen molar-refractivity contribution in [3.8, 4) is 0 Å². The molecular formula is C18H26F2O3. The van der Waals surface area contributed by atoms with Crippen LogP contribution in [0.15, 0.2) is 18.2 Å². The minimum Gasteiger partial charge on any atom is -0.464 e. The first-order valence-corrected chi connectivity index (χ1v) is 8.26. The van der Waals surface area contributed by atoms with Crippen LogP contribution in [-0.4, -0.2) is 19.2 Å². The van der Waals surface area contributed by atoms with Crippen LogP contribution in [0.1, 0.15) is 58.1 Å². The molecule has 23 heavy (non-hydrogen) atoms. The number of hydrogen-bond acceptors (Lipinski definition) is 3. The molecule has 0 heterocycles. The Balaban J connectivity index is 2.99. The van der Waals surface area contributed by atoms with Gasteiger partial charge in [-0.3, -0.25) is 0 Å². The highest BCUT2D eigenvalue weighted by Gasteiger charge is 2.27. The van der Waals surface area contributed by atoms with Gasteiger partial charge >= 0.3 is 5.97 Å². The summed E-state index contributed by atoms with van der Waals surface area (Å²) in [6.07, 6.45) is 2.90. The molecule has 0 amide bonds. The third-order valence-corrected chi connectivity index (χ3v) is 3.86. The molecule has 1 aromatic carbocycles. The molecule has 0 fully saturated rings. The Morgan fingerprint density at radius 2 is 1.96 bits per heavy atom. The second kappa shape index (κ2) is 10.3. The normalized spacial score (nSPS) is 13.6. The fraction of sp³-hybridized carbons (Fsp3) is 0.611. The predicted molar refractivity (Wildman–Crippen MR) is 85.0 cm³/mol. The van der Waals surface area contributed by atoms with Crippen molar-refractivity contribution in [1.29, 1.82) is 0 Å². The molecule has 1 unspecified atom stereocenters. The summed E-state index contributed by atoms with van der Waals surface area (Å²) in [7, 11) is 0. The fourth-order valence-electron chi connectivity index (χ4n) is 2.62. The SMILES string of the molecule is CCCC[C@H](CC)C(OCC(=O)OCC)c1cccc(F)c1F. The van der Waals surface area contributed by atoms with E-state index >= 15 is 0 Å². The van der Waals surface area contributed by atoms with Gasteiger partial charge < -0.3 is 9.47 Å². The summed E-state index contributed by atoms with van der Waals surface area (Å²) in [6.45, 7) is 5.76. The van der Waals surface area contributed by atoms with E-state index in [2.05, 4.69) is 6.92 Å². The molecule has 0 saturated carbocycles. The van der Waals surface area contributed by atoms with Gasteiger partial charge in [0.15, 0.2) is 11.6 Å². The third-order valence-electron chi connectivity index (χ3n) is 3.86. The number of carbonyl (C=O) groups excluding carboxylic acids is 1. The van der Waals surface area contributed by atoms with E-state index in [1.807, 2.05) is 6.92 Å². The van der Waals surface area contributed by atoms with Gasteiger partial charge in [0.2, 0.25) is 0 Å². The zero-order valence-corrected chi connectivity index (χ0v) is 14.1. The zero-order valence-electron chi connectivity index (χ0n) is 14.1. The molecule has 0 N–H and O–H groups in total. The summed E-state index contributed by atoms with van der Waals surface area (Å²) in [5.41, 5.74) is 0.164. The first-order valence-electron chi connectivity index (χ1n) is 8.26. The van der Waals surface area contributed by atoms with Gasteiger partial charge in [0, 0.05) is 5.56 Å². The van der Waals surface area contributed by atoms with Crippen molar-refractivity contribution < 1.29 is 23.0 Å². The first kappa shape index (κ1) is 19.6. The van der Waals surface area contributed by atoms with Crippen molar-refractivity contribution in [2.45, 2.75) is 52.6 Å². The number of esters is 1. The van der Waals surface area contributed by atoms with E-state index in [-0.39, 0.29) is 24.7 Å². The van der Waals surface area contributed by atoms with Gasteiger partial charge in [-0.15, -0.1) is 0 Å². The van der Waals surface area contributed by atoms with Gasteiger partial charge in [-0.25, -0.2) is 13.6 Å². The second-order valence-corrected chi connectivity index (χ2v) is 5.49. The van der Waals surface area contributed by atoms with Gasteiger partial charge in [-0.05, 0) is 25.3 Å². The summed E-state index contributed by atoms with van der Waals surface area (Å²) in [5.74, 6) is -2.30. The van der Waals surface area contributed by atoms with Crippen LogP contribution in [0, 0.1) is 17.6 Å². The van der Waals surface area contributed by atoms with Crippen molar-refractivity contribution in [3.63, 3.8) is 0 Å². The summed E-state index contributed by atoms with van der Waals surface area (Å²) >= 11 is 0. The van der Waals surface area contributed by atoms with E-state index in [0.29, 0.717) is 0 Å². The Bertz CT molecular complexity index is 491. The van der Waals surface area contributed by atoms with Gasteiger partial charge in [-0.2, -0.15) is 0 Å². The molecule has 0 saturated heterocycles. The average Bonchev–Trinajstić information content (AvgIpc) is 2.54. The Morgan fingerprint density at radius 1 is 1.22 bits per heavy atom. The lowest BCUT2D eigenvalue weighted by Gasteiger charge is -2.27. The number of ether oxygens (including phenoxy) is 2. The van der Waals surface area contributed by atoms with Crippen LogP contribution in [0.4, 0.5) is 8.78 Å². The Kier molecular flexibility index (Phi) is 8.77. The van der Waals surface area contributed by atoms with Crippen molar-refractivity contribution in [1.82, 2.24) is 0 Å². The molecular weight excluding hydrogens is 302 g/mol. The largest absolute Gasteiger partial charge is 0.464 e. The fourth-order valence-corrected chi connectivity index (χ4v) is 2.62. The van der Waals surface area contributed by atoms with Gasteiger partial charge in [0.25, 0.3) is 0 Å². The summed E-state index contributed by atoms with van der Waals surface area (Å²) in [4.78, 5) is 11.5. The number of rotatable bonds is 10. The van der Waals surface area contributed by atoms with Crippen molar-refractivity contribution in [2.75, 3.05) is 13.2 Å². The van der Waals surface area contributed by atoms with E-state index in [0.717, 1.165) is 31.7 Å². The average molecular weight is 328 g/mol. The monoisotopic (exact) mass is 328 g/mol. The maximum Gasteiger partial charge on any atom is 0.332 e. The van der Waals surface area contributed by atoms with E-state index in [1.165, 1.54) is 12.1 Å². The van der Waals surface area contributed by atoms with Crippen molar-refractivity contribution >= 4 is 5.97 Å². The number of halogens is 2. The molecule has 0 aliphatic carbocycles. The molecule has 0 bridgehead atoms. The highest BCUT2D eigenvalue weighted by atomic mass is 19.2. The molecule has 0 radical (unpaired) electrons. The van der Waals surface area contributed by atoms with Crippen LogP contribution in [0.5, 0.6) is 0 Å². The number of hydrogen-bond donors (Lipinski definition) is 0. The standard InChI is InChI=1S/C18H26F2O3/c1-4-7-9-13(5-2)18(23-12-16(21)22-6-3)14-10-8-11-15(19)17(14)20/h8,10-11,13,18H,4-7,9,12H2,1-3H3/t13-,18?/m0/s1. The topological polar surface area (TPSA) is 35.5 Å². The molecule has 0 aliphatic rings. The molecule has 3 nitrogen and oxygen atoms in total. The third kappa shape index (κ3) is 5.90. The van der Waals surface area contributed by atoms with E-state index in [9.17, 15) is 13.6 Å². The highest BCUT2D eigenvalue weighted by Crippen LogP contribution is 2.34. The zero-order chi connectivity index (χ0) is 17.2. The van der Waals surface area contributed by atoms with E-state index < -0.39 is 23.7 Å². The van der Waals surface area contributed by atoms with Crippen LogP contribution in [-0.2, 0) is 14.3 Å². The lowest BCUT2D eigenvalue weighted by Crippen LogP contribution is -2.22. The minimum absolute atomic E-state index is 0.0145.